The molecule has 204 valence electrons. The fraction of sp³-hybridized carbons (Fsp3) is 0.324. The van der Waals surface area contributed by atoms with Crippen LogP contribution in [0, 0.1) is 0 Å². The molecule has 0 fully saturated rings. The standard InChI is InChI=1S/C28H35BO3.C6H8N/c1-5-6-7-28(24-12-18-27(32-4)19-13-24)29(20-22-8-14-25(30-2)15-9-22)21-23-10-16-26(31-3)17-11-23;1-7-5-3-2-4-6-7/h8-19,28H,5-7,20-21H2,1-4H3;2-6H,1H3/q;+1. The highest BCUT2D eigenvalue weighted by molar-refractivity contribution is 6.59. The van der Waals surface area contributed by atoms with Gasteiger partial charge in [-0.15, -0.1) is 0 Å². The Hall–Kier alpha value is -3.73. The van der Waals surface area contributed by atoms with Crippen molar-refractivity contribution in [3.05, 3.63) is 120 Å². The molecule has 0 bridgehead atoms. The van der Waals surface area contributed by atoms with Gasteiger partial charge < -0.3 is 14.2 Å². The molecule has 3 aromatic carbocycles. The number of hydrogen-bond acceptors (Lipinski definition) is 3. The molecule has 0 N–H and O–H groups in total. The lowest BCUT2D eigenvalue weighted by molar-refractivity contribution is -0.671. The first-order chi connectivity index (χ1) is 19.1. The van der Waals surface area contributed by atoms with Gasteiger partial charge in [-0.1, -0.05) is 85.3 Å². The van der Waals surface area contributed by atoms with Crippen LogP contribution in [0.15, 0.2) is 103 Å². The summed E-state index contributed by atoms with van der Waals surface area (Å²) in [6, 6.07) is 31.7. The maximum atomic E-state index is 5.40. The third kappa shape index (κ3) is 9.83. The van der Waals surface area contributed by atoms with Gasteiger partial charge in [-0.25, -0.2) is 4.57 Å². The van der Waals surface area contributed by atoms with Crippen LogP contribution in [0.25, 0.3) is 0 Å². The summed E-state index contributed by atoms with van der Waals surface area (Å²) < 4.78 is 18.1. The number of rotatable bonds is 12. The first-order valence-electron chi connectivity index (χ1n) is 13.9. The van der Waals surface area contributed by atoms with E-state index < -0.39 is 0 Å². The zero-order valence-corrected chi connectivity index (χ0v) is 24.2. The van der Waals surface area contributed by atoms with Crippen molar-refractivity contribution in [1.82, 2.24) is 0 Å². The monoisotopic (exact) mass is 524 g/mol. The van der Waals surface area contributed by atoms with Gasteiger partial charge in [0, 0.05) is 12.1 Å². The van der Waals surface area contributed by atoms with E-state index in [-0.39, 0.29) is 0 Å². The summed E-state index contributed by atoms with van der Waals surface area (Å²) in [5.41, 5.74) is 4.09. The first kappa shape index (κ1) is 29.8. The lowest BCUT2D eigenvalue weighted by Crippen LogP contribution is -2.30. The number of benzene rings is 3. The summed E-state index contributed by atoms with van der Waals surface area (Å²) in [5.74, 6) is 3.19. The zero-order chi connectivity index (χ0) is 27.9. The van der Waals surface area contributed by atoms with E-state index >= 15 is 0 Å². The predicted molar refractivity (Wildman–Crippen MR) is 162 cm³/mol. The lowest BCUT2D eigenvalue weighted by Gasteiger charge is -2.26. The quantitative estimate of drug-likeness (QED) is 0.146. The molecule has 0 spiro atoms. The van der Waals surface area contributed by atoms with E-state index in [2.05, 4.69) is 79.7 Å². The minimum Gasteiger partial charge on any atom is -0.497 e. The topological polar surface area (TPSA) is 31.6 Å². The number of unbranched alkanes of at least 4 members (excludes halogenated alkanes) is 1. The Morgan fingerprint density at radius 3 is 1.44 bits per heavy atom. The molecule has 5 heteroatoms. The molecule has 0 amide bonds. The van der Waals surface area contributed by atoms with Gasteiger partial charge in [-0.2, -0.15) is 0 Å². The molecule has 4 nitrogen and oxygen atoms in total. The van der Waals surface area contributed by atoms with E-state index in [1.54, 1.807) is 21.3 Å². The Bertz CT molecular complexity index is 1150. The Labute approximate surface area is 235 Å². The van der Waals surface area contributed by atoms with Crippen molar-refractivity contribution in [2.75, 3.05) is 21.3 Å². The molecule has 4 rings (SSSR count). The third-order valence-electron chi connectivity index (χ3n) is 7.16. The summed E-state index contributed by atoms with van der Waals surface area (Å²) in [7, 11) is 7.15. The second-order valence-electron chi connectivity index (χ2n) is 9.93. The summed E-state index contributed by atoms with van der Waals surface area (Å²) in [4.78, 5) is 0. The van der Waals surface area contributed by atoms with E-state index in [4.69, 9.17) is 14.2 Å². The van der Waals surface area contributed by atoms with Gasteiger partial charge in [0.25, 0.3) is 0 Å². The average Bonchev–Trinajstić information content (AvgIpc) is 2.99. The van der Waals surface area contributed by atoms with Crippen LogP contribution >= 0.6 is 0 Å². The smallest absolute Gasteiger partial charge is 0.168 e. The number of hydrogen-bond donors (Lipinski definition) is 0. The molecule has 1 aromatic heterocycles. The maximum absolute atomic E-state index is 5.40. The molecule has 4 aromatic rings. The van der Waals surface area contributed by atoms with Crippen LogP contribution < -0.4 is 18.8 Å². The molecular weight excluding hydrogens is 481 g/mol. The van der Waals surface area contributed by atoms with Crippen LogP contribution in [0.2, 0.25) is 0 Å². The van der Waals surface area contributed by atoms with E-state index in [0.717, 1.165) is 29.9 Å². The Balaban J connectivity index is 0.000000520. The number of nitrogens with zero attached hydrogens (tertiary/aromatic N) is 1. The Morgan fingerprint density at radius 2 is 1.08 bits per heavy atom. The fourth-order valence-electron chi connectivity index (χ4n) is 4.92. The third-order valence-corrected chi connectivity index (χ3v) is 7.16. The van der Waals surface area contributed by atoms with Crippen LogP contribution in [0.1, 0.15) is 48.7 Å². The van der Waals surface area contributed by atoms with Crippen molar-refractivity contribution in [3.63, 3.8) is 0 Å². The van der Waals surface area contributed by atoms with E-state index in [1.165, 1.54) is 36.0 Å². The van der Waals surface area contributed by atoms with Crippen molar-refractivity contribution in [1.29, 1.82) is 0 Å². The largest absolute Gasteiger partial charge is 0.497 e. The maximum Gasteiger partial charge on any atom is 0.168 e. The van der Waals surface area contributed by atoms with Crippen molar-refractivity contribution in [3.8, 4) is 17.2 Å². The zero-order valence-electron chi connectivity index (χ0n) is 24.2. The van der Waals surface area contributed by atoms with Gasteiger partial charge in [-0.05, 0) is 54.9 Å². The van der Waals surface area contributed by atoms with Crippen LogP contribution in [-0.4, -0.2) is 28.0 Å². The van der Waals surface area contributed by atoms with Gasteiger partial charge in [-0.3, -0.25) is 0 Å². The highest BCUT2D eigenvalue weighted by Crippen LogP contribution is 2.31. The first-order valence-corrected chi connectivity index (χ1v) is 13.9. The number of methoxy groups -OCH3 is 3. The predicted octanol–water partition coefficient (Wildman–Crippen LogP) is 7.10. The molecule has 39 heavy (non-hydrogen) atoms. The minimum atomic E-state index is 0.477. The number of aromatic nitrogens is 1. The Morgan fingerprint density at radius 1 is 0.641 bits per heavy atom. The lowest BCUT2D eigenvalue weighted by atomic mass is 9.34. The molecule has 1 unspecified atom stereocenters. The van der Waals surface area contributed by atoms with Crippen LogP contribution in [-0.2, 0) is 19.7 Å². The molecule has 0 aliphatic heterocycles. The van der Waals surface area contributed by atoms with Crippen molar-refractivity contribution in [2.45, 2.75) is 44.6 Å². The van der Waals surface area contributed by atoms with Gasteiger partial charge in [0.2, 0.25) is 0 Å². The van der Waals surface area contributed by atoms with Gasteiger partial charge in [0.05, 0.1) is 21.3 Å². The van der Waals surface area contributed by atoms with E-state index in [1.807, 2.05) is 42.2 Å². The van der Waals surface area contributed by atoms with Gasteiger partial charge in [0.15, 0.2) is 19.1 Å². The molecule has 0 radical (unpaired) electrons. The second-order valence-corrected chi connectivity index (χ2v) is 9.93. The molecule has 0 saturated heterocycles. The fourth-order valence-corrected chi connectivity index (χ4v) is 4.92. The molecule has 0 aliphatic carbocycles. The highest BCUT2D eigenvalue weighted by Gasteiger charge is 2.27. The highest BCUT2D eigenvalue weighted by atomic mass is 16.5. The van der Waals surface area contributed by atoms with Gasteiger partial charge in [0.1, 0.15) is 24.3 Å². The SMILES string of the molecule is CCCCC(B(Cc1ccc(OC)cc1)Cc1ccc(OC)cc1)c1ccc(OC)cc1.C[n+]1ccccc1. The van der Waals surface area contributed by atoms with Crippen molar-refractivity contribution in [2.24, 2.45) is 7.05 Å². The van der Waals surface area contributed by atoms with Crippen LogP contribution in [0.4, 0.5) is 0 Å². The second kappa shape index (κ2) is 16.3. The molecule has 1 heterocycles. The Kier molecular flexibility index (Phi) is 12.5. The number of aryl methyl sites for hydroxylation is 1. The van der Waals surface area contributed by atoms with E-state index in [9.17, 15) is 0 Å². The van der Waals surface area contributed by atoms with Gasteiger partial charge >= 0.3 is 0 Å². The summed E-state index contributed by atoms with van der Waals surface area (Å²) in [5, 5.41) is 0. The summed E-state index contributed by atoms with van der Waals surface area (Å²) in [6.07, 6.45) is 9.65. The molecule has 0 aliphatic rings. The number of ether oxygens (including phenoxy) is 3. The van der Waals surface area contributed by atoms with Crippen LogP contribution in [0.5, 0.6) is 17.2 Å². The van der Waals surface area contributed by atoms with Crippen molar-refractivity contribution < 1.29 is 18.8 Å². The normalized spacial score (nSPS) is 11.1. The number of pyridine rings is 1. The molecule has 1 atom stereocenters. The van der Waals surface area contributed by atoms with Crippen LogP contribution in [0.3, 0.4) is 0 Å². The molecular formula is C34H43BNO3+. The average molecular weight is 525 g/mol. The summed E-state index contributed by atoms with van der Waals surface area (Å²) >= 11 is 0. The van der Waals surface area contributed by atoms with Crippen molar-refractivity contribution >= 4 is 6.71 Å². The van der Waals surface area contributed by atoms with E-state index in [0.29, 0.717) is 12.5 Å². The summed E-state index contributed by atoms with van der Waals surface area (Å²) in [6.45, 7) is 2.75. The molecule has 0 saturated carbocycles. The minimum absolute atomic E-state index is 0.477.